The van der Waals surface area contributed by atoms with E-state index >= 15 is 0 Å². The summed E-state index contributed by atoms with van der Waals surface area (Å²) >= 11 is -1.88. The first-order chi connectivity index (χ1) is 31.9. The molecule has 1 aliphatic carbocycles. The molecule has 0 spiro atoms. The molecule has 1 heterocycles. The smallest absolute Gasteiger partial charge is 0.0134 e. The molecule has 7 aromatic rings. The molecule has 0 bridgehead atoms. The molecule has 340 valence electrons. The molecule has 0 amide bonds. The summed E-state index contributed by atoms with van der Waals surface area (Å²) in [5.74, 6) is 1.98. The second-order valence-electron chi connectivity index (χ2n) is 17.9. The Kier molecular flexibility index (Phi) is 17.5. The van der Waals surface area contributed by atoms with Gasteiger partial charge in [0, 0.05) is 24.5 Å². The minimum Gasteiger partial charge on any atom is -0.0622 e. The van der Waals surface area contributed by atoms with Crippen LogP contribution in [0.5, 0.6) is 0 Å². The second-order valence-corrected chi connectivity index (χ2v) is 26.0. The van der Waals surface area contributed by atoms with Crippen molar-refractivity contribution in [3.63, 3.8) is 0 Å². The quantitative estimate of drug-likeness (QED) is 0.0995. The summed E-state index contributed by atoms with van der Waals surface area (Å²) < 4.78 is 1.12. The van der Waals surface area contributed by atoms with Crippen molar-refractivity contribution in [2.24, 2.45) is 0 Å². The SMILES string of the molecule is CC(C)c1cccc(C(C)C)c1N1[C]N(c2c(C(C)C)cccc2C(C)C)CC1.[Cl][Ru]([Cl])=[C]1C=C(c2ccccc2)c2ccccc21.c1ccc(P(c2ccccc2)c2ccccc2)cc1. The van der Waals surface area contributed by atoms with Crippen LogP contribution in [0.2, 0.25) is 0 Å². The van der Waals surface area contributed by atoms with E-state index in [1.807, 2.05) is 24.3 Å². The zero-order valence-corrected chi connectivity index (χ0v) is 43.7. The third kappa shape index (κ3) is 11.7. The summed E-state index contributed by atoms with van der Waals surface area (Å²) in [6.07, 6.45) is 2.15. The van der Waals surface area contributed by atoms with Gasteiger partial charge in [-0.1, -0.05) is 183 Å². The Morgan fingerprint density at radius 3 is 1.11 bits per heavy atom. The van der Waals surface area contributed by atoms with E-state index in [4.69, 9.17) is 19.4 Å². The van der Waals surface area contributed by atoms with Gasteiger partial charge in [0.1, 0.15) is 0 Å². The molecular formula is C60H63Cl2N2PRu. The summed E-state index contributed by atoms with van der Waals surface area (Å²) in [4.78, 5) is 4.76. The number of anilines is 2. The van der Waals surface area contributed by atoms with Crippen molar-refractivity contribution in [2.45, 2.75) is 79.1 Å². The van der Waals surface area contributed by atoms with E-state index < -0.39 is 21.4 Å². The number of hydrogen-bond donors (Lipinski definition) is 0. The van der Waals surface area contributed by atoms with Crippen LogP contribution in [0.3, 0.4) is 0 Å². The fourth-order valence-corrected chi connectivity index (χ4v) is 13.5. The van der Waals surface area contributed by atoms with Gasteiger partial charge in [0.15, 0.2) is 0 Å². The van der Waals surface area contributed by atoms with E-state index in [1.165, 1.54) is 71.8 Å². The van der Waals surface area contributed by atoms with E-state index in [9.17, 15) is 0 Å². The van der Waals surface area contributed by atoms with Gasteiger partial charge in [-0.2, -0.15) is 0 Å². The standard InChI is InChI=1S/C27H38N2.C18H15P.C15H10.2ClH.Ru/c1-18(2)22-11-9-12-23(19(3)4)26(22)28-15-16-29(17-28)27-24(20(5)6)13-10-14-25(27)21(7)8;1-4-10-16(11-5-1)19(17-12-6-2-7-13-17)18-14-8-3-9-15-18;1-2-6-12(7-3-1)15-11-10-13-8-4-5-9-14(13)15;;;/h9-14,18-21H,15-16H2,1-8H3;1-15H;1-9,11H;2*1H;/q;;;;;+2/p-2. The molecule has 2 radical (unpaired) electrons. The molecule has 2 nitrogen and oxygen atoms in total. The zero-order valence-electron chi connectivity index (χ0n) is 39.6. The summed E-state index contributed by atoms with van der Waals surface area (Å²) in [7, 11) is 11.9. The van der Waals surface area contributed by atoms with Gasteiger partial charge in [-0.3, -0.25) is 0 Å². The molecule has 0 N–H and O–H groups in total. The second kappa shape index (κ2) is 23.4. The van der Waals surface area contributed by atoms with Gasteiger partial charge in [-0.15, -0.1) is 0 Å². The van der Waals surface area contributed by atoms with Crippen LogP contribution in [0, 0.1) is 6.67 Å². The monoisotopic (exact) mass is 1010 g/mol. The normalized spacial score (nSPS) is 13.5. The minimum atomic E-state index is -1.88. The molecule has 66 heavy (non-hydrogen) atoms. The first-order valence-electron chi connectivity index (χ1n) is 23.2. The third-order valence-corrected chi connectivity index (χ3v) is 17.6. The molecule has 0 unspecified atom stereocenters. The number of rotatable bonds is 10. The van der Waals surface area contributed by atoms with Gasteiger partial charge >= 0.3 is 120 Å². The van der Waals surface area contributed by atoms with Crippen LogP contribution >= 0.6 is 27.3 Å². The van der Waals surface area contributed by atoms with Crippen LogP contribution in [0.4, 0.5) is 11.4 Å². The Hall–Kier alpha value is -4.62. The molecule has 0 aromatic heterocycles. The molecule has 1 fully saturated rings. The maximum Gasteiger partial charge on any atom is -0.0134 e. The predicted octanol–water partition coefficient (Wildman–Crippen LogP) is 15.5. The molecule has 2 aliphatic rings. The van der Waals surface area contributed by atoms with Crippen molar-refractivity contribution < 1.29 is 13.5 Å². The number of fused-ring (bicyclic) bond motifs is 1. The number of para-hydroxylation sites is 2. The fourth-order valence-electron chi connectivity index (χ4n) is 8.76. The molecular weight excluding hydrogens is 952 g/mol. The summed E-state index contributed by atoms with van der Waals surface area (Å²) in [5, 5.41) is 4.19. The van der Waals surface area contributed by atoms with Gasteiger partial charge in [-0.25, -0.2) is 0 Å². The number of halogens is 2. The minimum absolute atomic E-state index is 0.446. The van der Waals surface area contributed by atoms with E-state index in [2.05, 4.69) is 236 Å². The third-order valence-electron chi connectivity index (χ3n) is 12.0. The Bertz CT molecular complexity index is 2500. The molecule has 1 saturated heterocycles. The summed E-state index contributed by atoms with van der Waals surface area (Å²) in [6, 6.07) is 64.6. The van der Waals surface area contributed by atoms with Crippen LogP contribution in [0.15, 0.2) is 188 Å². The van der Waals surface area contributed by atoms with Crippen molar-refractivity contribution in [1.82, 2.24) is 0 Å². The molecule has 6 heteroatoms. The van der Waals surface area contributed by atoms with Gasteiger partial charge in [0.2, 0.25) is 6.67 Å². The van der Waals surface area contributed by atoms with Crippen LogP contribution in [-0.2, 0) is 13.5 Å². The van der Waals surface area contributed by atoms with Gasteiger partial charge < -0.3 is 9.80 Å². The fraction of sp³-hybridized carbons (Fsp3) is 0.233. The van der Waals surface area contributed by atoms with E-state index in [0.29, 0.717) is 23.7 Å². The van der Waals surface area contributed by atoms with E-state index in [0.717, 1.165) is 17.2 Å². The van der Waals surface area contributed by atoms with Gasteiger partial charge in [0.05, 0.1) is 0 Å². The number of nitrogens with zero attached hydrogens (tertiary/aromatic N) is 2. The zero-order chi connectivity index (χ0) is 46.7. The van der Waals surface area contributed by atoms with Crippen LogP contribution in [0.1, 0.15) is 118 Å². The number of benzene rings is 7. The topological polar surface area (TPSA) is 6.48 Å². The Morgan fingerprint density at radius 1 is 0.424 bits per heavy atom. The van der Waals surface area contributed by atoms with Crippen molar-refractivity contribution in [3.05, 3.63) is 234 Å². The molecule has 1 aliphatic heterocycles. The molecule has 0 atom stereocenters. The average molecular weight is 1020 g/mol. The van der Waals surface area contributed by atoms with E-state index in [-0.39, 0.29) is 0 Å². The van der Waals surface area contributed by atoms with Gasteiger partial charge in [-0.05, 0) is 69.8 Å². The molecule has 9 rings (SSSR count). The number of hydrogen-bond acceptors (Lipinski definition) is 2. The maximum atomic E-state index is 6.19. The Balaban J connectivity index is 0.000000153. The Morgan fingerprint density at radius 2 is 0.758 bits per heavy atom. The van der Waals surface area contributed by atoms with Crippen LogP contribution in [-0.4, -0.2) is 17.2 Å². The van der Waals surface area contributed by atoms with Crippen LogP contribution in [0.25, 0.3) is 5.57 Å². The van der Waals surface area contributed by atoms with Crippen LogP contribution < -0.4 is 25.7 Å². The van der Waals surface area contributed by atoms with Crippen molar-refractivity contribution in [3.8, 4) is 0 Å². The van der Waals surface area contributed by atoms with Crippen molar-refractivity contribution in [2.75, 3.05) is 22.9 Å². The van der Waals surface area contributed by atoms with Crippen molar-refractivity contribution in [1.29, 1.82) is 0 Å². The summed E-state index contributed by atoms with van der Waals surface area (Å²) in [5.41, 5.74) is 13.3. The van der Waals surface area contributed by atoms with Crippen molar-refractivity contribution >= 4 is 64.3 Å². The maximum absolute atomic E-state index is 6.19. The first kappa shape index (κ1) is 49.3. The predicted molar refractivity (Wildman–Crippen MR) is 288 cm³/mol. The average Bonchev–Trinajstić information content (AvgIpc) is 3.99. The van der Waals surface area contributed by atoms with Gasteiger partial charge in [0.25, 0.3) is 0 Å². The first-order valence-corrected chi connectivity index (χ1v) is 29.9. The molecule has 0 saturated carbocycles. The number of allylic oxidation sites excluding steroid dienone is 1. The largest absolute Gasteiger partial charge is 0.0622 e. The van der Waals surface area contributed by atoms with E-state index in [1.54, 1.807) is 0 Å². The molecule has 7 aromatic carbocycles. The Labute approximate surface area is 410 Å². The summed E-state index contributed by atoms with van der Waals surface area (Å²) in [6.45, 7) is 24.1.